The molecule has 2 rings (SSSR count). The molecule has 0 spiro atoms. The summed E-state index contributed by atoms with van der Waals surface area (Å²) in [6, 6.07) is 6.96. The van der Waals surface area contributed by atoms with E-state index in [2.05, 4.69) is 5.32 Å². The quantitative estimate of drug-likeness (QED) is 0.660. The number of likely N-dealkylation sites (tertiary alicyclic amines) is 1. The molecule has 2 unspecified atom stereocenters. The van der Waals surface area contributed by atoms with E-state index in [0.717, 1.165) is 0 Å². The summed E-state index contributed by atoms with van der Waals surface area (Å²) in [5.74, 6) is 0.116. The minimum Gasteiger partial charge on any atom is -0.399 e. The molecule has 18 heavy (non-hydrogen) atoms. The van der Waals surface area contributed by atoms with Crippen LogP contribution in [0.25, 0.3) is 0 Å². The monoisotopic (exact) mass is 249 g/mol. The summed E-state index contributed by atoms with van der Waals surface area (Å²) >= 11 is 0. The van der Waals surface area contributed by atoms with Gasteiger partial charge in [-0.15, -0.1) is 0 Å². The van der Waals surface area contributed by atoms with E-state index in [1.54, 1.807) is 29.2 Å². The minimum atomic E-state index is -0.304. The Hall–Kier alpha value is -1.75. The molecule has 2 amide bonds. The topological polar surface area (TPSA) is 78.6 Å². The number of amides is 2. The minimum absolute atomic E-state index is 0.116. The highest BCUT2D eigenvalue weighted by Crippen LogP contribution is 2.18. The third-order valence-electron chi connectivity index (χ3n) is 3.29. The fourth-order valence-electron chi connectivity index (χ4n) is 2.14. The molecule has 4 N–H and O–H groups in total. The van der Waals surface area contributed by atoms with Crippen molar-refractivity contribution in [1.29, 1.82) is 0 Å². The van der Waals surface area contributed by atoms with Gasteiger partial charge in [-0.1, -0.05) is 13.0 Å². The number of aliphatic hydroxyl groups excluding tert-OH is 1. The average molecular weight is 249 g/mol. The lowest BCUT2D eigenvalue weighted by molar-refractivity contribution is 0.0506. The van der Waals surface area contributed by atoms with Gasteiger partial charge in [-0.05, 0) is 30.5 Å². The molecule has 1 heterocycles. The number of aliphatic hydroxyl groups is 1. The highest BCUT2D eigenvalue weighted by molar-refractivity contribution is 5.89. The van der Waals surface area contributed by atoms with Crippen molar-refractivity contribution in [2.75, 3.05) is 24.1 Å². The predicted molar refractivity (Wildman–Crippen MR) is 71.2 cm³/mol. The maximum atomic E-state index is 12.0. The molecular formula is C13H19N3O2. The van der Waals surface area contributed by atoms with E-state index < -0.39 is 0 Å². The largest absolute Gasteiger partial charge is 0.399 e. The molecule has 1 aliphatic rings. The Morgan fingerprint density at radius 1 is 1.56 bits per heavy atom. The number of nitrogen functional groups attached to an aromatic ring is 1. The van der Waals surface area contributed by atoms with Crippen LogP contribution in [0.5, 0.6) is 0 Å². The van der Waals surface area contributed by atoms with Crippen molar-refractivity contribution in [2.24, 2.45) is 5.92 Å². The first-order chi connectivity index (χ1) is 8.56. The fourth-order valence-corrected chi connectivity index (χ4v) is 2.14. The molecule has 1 aromatic rings. The number of benzene rings is 1. The number of piperidine rings is 1. The van der Waals surface area contributed by atoms with Crippen LogP contribution in [0.4, 0.5) is 16.2 Å². The van der Waals surface area contributed by atoms with E-state index in [1.807, 2.05) is 6.92 Å². The Bertz CT molecular complexity index is 436. The molecule has 0 radical (unpaired) electrons. The second-order valence-electron chi connectivity index (χ2n) is 4.83. The van der Waals surface area contributed by atoms with Crippen LogP contribution in [0.2, 0.25) is 0 Å². The zero-order chi connectivity index (χ0) is 13.1. The number of anilines is 2. The molecule has 0 aliphatic carbocycles. The molecule has 1 aliphatic heterocycles. The van der Waals surface area contributed by atoms with Crippen molar-refractivity contribution in [1.82, 2.24) is 4.90 Å². The van der Waals surface area contributed by atoms with Crippen LogP contribution >= 0.6 is 0 Å². The molecule has 5 heteroatoms. The molecule has 1 aromatic carbocycles. The molecular weight excluding hydrogens is 230 g/mol. The van der Waals surface area contributed by atoms with Gasteiger partial charge in [0.05, 0.1) is 6.10 Å². The van der Waals surface area contributed by atoms with Crippen molar-refractivity contribution < 1.29 is 9.90 Å². The van der Waals surface area contributed by atoms with E-state index in [-0.39, 0.29) is 18.1 Å². The van der Waals surface area contributed by atoms with Gasteiger partial charge in [0.2, 0.25) is 0 Å². The third kappa shape index (κ3) is 2.92. The van der Waals surface area contributed by atoms with Crippen molar-refractivity contribution in [3.8, 4) is 0 Å². The Balaban J connectivity index is 1.96. The summed E-state index contributed by atoms with van der Waals surface area (Å²) < 4.78 is 0. The van der Waals surface area contributed by atoms with Crippen molar-refractivity contribution in [2.45, 2.75) is 19.4 Å². The fraction of sp³-hybridized carbons (Fsp3) is 0.462. The van der Waals surface area contributed by atoms with Crippen LogP contribution in [-0.4, -0.2) is 35.2 Å². The smallest absolute Gasteiger partial charge is 0.321 e. The van der Waals surface area contributed by atoms with E-state index in [4.69, 9.17) is 5.73 Å². The number of nitrogens with two attached hydrogens (primary N) is 1. The Labute approximate surface area is 107 Å². The highest BCUT2D eigenvalue weighted by atomic mass is 16.3. The normalized spacial score (nSPS) is 23.8. The maximum Gasteiger partial charge on any atom is 0.321 e. The zero-order valence-corrected chi connectivity index (χ0v) is 10.5. The number of hydrogen-bond acceptors (Lipinski definition) is 3. The zero-order valence-electron chi connectivity index (χ0n) is 10.5. The summed E-state index contributed by atoms with van der Waals surface area (Å²) in [5.41, 5.74) is 6.97. The Morgan fingerprint density at radius 2 is 2.33 bits per heavy atom. The lowest BCUT2D eigenvalue weighted by Gasteiger charge is -2.34. The van der Waals surface area contributed by atoms with E-state index in [9.17, 15) is 9.90 Å². The van der Waals surface area contributed by atoms with E-state index >= 15 is 0 Å². The summed E-state index contributed by atoms with van der Waals surface area (Å²) in [6.45, 7) is 3.11. The number of nitrogens with zero attached hydrogens (tertiary/aromatic N) is 1. The average Bonchev–Trinajstić information content (AvgIpc) is 2.32. The van der Waals surface area contributed by atoms with Crippen molar-refractivity contribution in [3.63, 3.8) is 0 Å². The lowest BCUT2D eigenvalue weighted by Crippen LogP contribution is -2.46. The lowest BCUT2D eigenvalue weighted by atomic mass is 9.97. The van der Waals surface area contributed by atoms with E-state index in [0.29, 0.717) is 30.9 Å². The first-order valence-corrected chi connectivity index (χ1v) is 6.16. The second-order valence-corrected chi connectivity index (χ2v) is 4.83. The SMILES string of the molecule is CC1CN(C(=O)Nc2cccc(N)c2)CCC1O. The highest BCUT2D eigenvalue weighted by Gasteiger charge is 2.27. The van der Waals surface area contributed by atoms with Gasteiger partial charge >= 0.3 is 6.03 Å². The van der Waals surface area contributed by atoms with Crippen LogP contribution in [0.3, 0.4) is 0 Å². The van der Waals surface area contributed by atoms with Crippen LogP contribution in [0.15, 0.2) is 24.3 Å². The van der Waals surface area contributed by atoms with Gasteiger partial charge in [0.15, 0.2) is 0 Å². The summed E-state index contributed by atoms with van der Waals surface area (Å²) in [5, 5.41) is 12.4. The van der Waals surface area contributed by atoms with E-state index in [1.165, 1.54) is 0 Å². The second kappa shape index (κ2) is 5.27. The number of carbonyl (C=O) groups excluding carboxylic acids is 1. The Kier molecular flexibility index (Phi) is 3.72. The summed E-state index contributed by atoms with van der Waals surface area (Å²) in [6.07, 6.45) is 0.326. The van der Waals surface area contributed by atoms with Crippen LogP contribution in [0.1, 0.15) is 13.3 Å². The van der Waals surface area contributed by atoms with Gasteiger partial charge in [0.1, 0.15) is 0 Å². The molecule has 1 saturated heterocycles. The van der Waals surface area contributed by atoms with Gasteiger partial charge in [0.25, 0.3) is 0 Å². The number of rotatable bonds is 1. The molecule has 5 nitrogen and oxygen atoms in total. The summed E-state index contributed by atoms with van der Waals surface area (Å²) in [4.78, 5) is 13.7. The molecule has 0 saturated carbocycles. The van der Waals surface area contributed by atoms with Gasteiger partial charge in [0, 0.05) is 24.5 Å². The standard InChI is InChI=1S/C13H19N3O2/c1-9-8-16(6-5-12(9)17)13(18)15-11-4-2-3-10(14)7-11/h2-4,7,9,12,17H,5-6,8,14H2,1H3,(H,15,18). The first kappa shape index (κ1) is 12.7. The van der Waals surface area contributed by atoms with Crippen LogP contribution < -0.4 is 11.1 Å². The van der Waals surface area contributed by atoms with Crippen molar-refractivity contribution in [3.05, 3.63) is 24.3 Å². The molecule has 98 valence electrons. The van der Waals surface area contributed by atoms with Gasteiger partial charge in [-0.3, -0.25) is 0 Å². The van der Waals surface area contributed by atoms with Gasteiger partial charge < -0.3 is 21.1 Å². The Morgan fingerprint density at radius 3 is 3.00 bits per heavy atom. The van der Waals surface area contributed by atoms with Gasteiger partial charge in [-0.2, -0.15) is 0 Å². The third-order valence-corrected chi connectivity index (χ3v) is 3.29. The van der Waals surface area contributed by atoms with Crippen molar-refractivity contribution >= 4 is 17.4 Å². The number of urea groups is 1. The molecule has 0 aromatic heterocycles. The summed E-state index contributed by atoms with van der Waals surface area (Å²) in [7, 11) is 0. The first-order valence-electron chi connectivity index (χ1n) is 6.16. The van der Waals surface area contributed by atoms with Crippen LogP contribution in [-0.2, 0) is 0 Å². The number of hydrogen-bond donors (Lipinski definition) is 3. The molecule has 2 atom stereocenters. The predicted octanol–water partition coefficient (Wildman–Crippen LogP) is 1.50. The van der Waals surface area contributed by atoms with Gasteiger partial charge in [-0.25, -0.2) is 4.79 Å². The number of nitrogens with one attached hydrogen (secondary N) is 1. The number of carbonyl (C=O) groups is 1. The molecule has 1 fully saturated rings. The molecule has 0 bridgehead atoms. The van der Waals surface area contributed by atoms with Crippen LogP contribution in [0, 0.1) is 5.92 Å². The maximum absolute atomic E-state index is 12.0.